The molecule has 1 aliphatic heterocycles. The summed E-state index contributed by atoms with van der Waals surface area (Å²) in [4.78, 5) is 18.4. The molecule has 2 heterocycles. The van der Waals surface area contributed by atoms with Gasteiger partial charge in [0.15, 0.2) is 11.6 Å². The number of rotatable bonds is 13. The molecule has 1 aromatic heterocycles. The smallest absolute Gasteiger partial charge is 0.237 e. The summed E-state index contributed by atoms with van der Waals surface area (Å²) in [6.45, 7) is 2.64. The number of carbonyl (C=O) groups is 1. The number of benzene rings is 1. The van der Waals surface area contributed by atoms with E-state index in [-0.39, 0.29) is 37.5 Å². The van der Waals surface area contributed by atoms with Gasteiger partial charge in [0, 0.05) is 45.3 Å². The van der Waals surface area contributed by atoms with E-state index in [9.17, 15) is 14.3 Å². The zero-order chi connectivity index (χ0) is 23.6. The Hall–Kier alpha value is -2.04. The lowest BCUT2D eigenvalue weighted by Crippen LogP contribution is -2.48. The Morgan fingerprint density at radius 1 is 1.30 bits per heavy atom. The second kappa shape index (κ2) is 13.0. The normalized spacial score (nSPS) is 16.6. The standard InChI is InChI=1S/C24H33FN2O5S/c1-30-12-5-10-26(14-18(28)16-31-2)15-24(29)27-11-8-23-19(9-13-33-23)21(27)17-32-22-7-4-3-6-20(22)25/h3-4,6-7,9,13,18,21,28H,5,8,10-12,14-17H2,1-2H3/t18-,21-/m0/s1. The molecule has 0 spiro atoms. The Morgan fingerprint density at radius 2 is 2.12 bits per heavy atom. The zero-order valence-corrected chi connectivity index (χ0v) is 20.1. The third-order valence-electron chi connectivity index (χ3n) is 5.66. The molecule has 0 saturated heterocycles. The number of thiophene rings is 1. The molecule has 1 amide bonds. The van der Waals surface area contributed by atoms with Crippen LogP contribution < -0.4 is 4.74 Å². The Labute approximate surface area is 198 Å². The molecular formula is C24H33FN2O5S. The molecular weight excluding hydrogens is 447 g/mol. The van der Waals surface area contributed by atoms with E-state index in [4.69, 9.17) is 14.2 Å². The van der Waals surface area contributed by atoms with Crippen LogP contribution in [0.3, 0.4) is 0 Å². The number of fused-ring (bicyclic) bond motifs is 1. The van der Waals surface area contributed by atoms with Crippen LogP contribution in [0.1, 0.15) is 22.9 Å². The second-order valence-corrected chi connectivity index (χ2v) is 9.08. The molecule has 0 unspecified atom stereocenters. The Bertz CT molecular complexity index is 880. The molecule has 0 saturated carbocycles. The maximum atomic E-state index is 14.1. The number of aliphatic hydroxyl groups is 1. The highest BCUT2D eigenvalue weighted by atomic mass is 32.1. The largest absolute Gasteiger partial charge is 0.488 e. The fourth-order valence-corrected chi connectivity index (χ4v) is 5.03. The van der Waals surface area contributed by atoms with Crippen LogP contribution in [0, 0.1) is 5.82 Å². The third kappa shape index (κ3) is 7.22. The van der Waals surface area contributed by atoms with Gasteiger partial charge in [0.2, 0.25) is 5.91 Å². The summed E-state index contributed by atoms with van der Waals surface area (Å²) in [5, 5.41) is 12.2. The molecule has 1 N–H and O–H groups in total. The maximum Gasteiger partial charge on any atom is 0.237 e. The number of ether oxygens (including phenoxy) is 3. The molecule has 2 aromatic rings. The van der Waals surface area contributed by atoms with Gasteiger partial charge in [-0.15, -0.1) is 11.3 Å². The van der Waals surface area contributed by atoms with E-state index < -0.39 is 11.9 Å². The lowest BCUT2D eigenvalue weighted by atomic mass is 10.0. The van der Waals surface area contributed by atoms with Gasteiger partial charge in [-0.25, -0.2) is 4.39 Å². The van der Waals surface area contributed by atoms with Crippen LogP contribution in [0.15, 0.2) is 35.7 Å². The Kier molecular flexibility index (Phi) is 10.1. The van der Waals surface area contributed by atoms with Crippen LogP contribution in [0.4, 0.5) is 4.39 Å². The van der Waals surface area contributed by atoms with Crippen LogP contribution in [-0.2, 0) is 20.7 Å². The number of halogens is 1. The van der Waals surface area contributed by atoms with Gasteiger partial charge in [-0.3, -0.25) is 9.69 Å². The number of para-hydroxylation sites is 1. The molecule has 182 valence electrons. The van der Waals surface area contributed by atoms with Crippen LogP contribution in [0.2, 0.25) is 0 Å². The van der Waals surface area contributed by atoms with Crippen LogP contribution >= 0.6 is 11.3 Å². The van der Waals surface area contributed by atoms with Crippen molar-refractivity contribution in [2.45, 2.75) is 25.0 Å². The summed E-state index contributed by atoms with van der Waals surface area (Å²) >= 11 is 1.67. The lowest BCUT2D eigenvalue weighted by Gasteiger charge is -2.37. The molecule has 9 heteroatoms. The molecule has 0 fully saturated rings. The highest BCUT2D eigenvalue weighted by Gasteiger charge is 2.33. The summed E-state index contributed by atoms with van der Waals surface area (Å²) in [6, 6.07) is 8.02. The summed E-state index contributed by atoms with van der Waals surface area (Å²) in [5.74, 6) is -0.291. The number of hydrogen-bond acceptors (Lipinski definition) is 7. The average Bonchev–Trinajstić information content (AvgIpc) is 3.27. The minimum Gasteiger partial charge on any atom is -0.488 e. The topological polar surface area (TPSA) is 71.5 Å². The van der Waals surface area contributed by atoms with E-state index in [2.05, 4.69) is 0 Å². The average molecular weight is 481 g/mol. The number of amides is 1. The SMILES string of the molecule is COCCCN(CC(=O)N1CCc2sccc2[C@@H]1COc1ccccc1F)C[C@H](O)COC. The van der Waals surface area contributed by atoms with E-state index in [1.54, 1.807) is 36.6 Å². The van der Waals surface area contributed by atoms with Gasteiger partial charge in [0.1, 0.15) is 6.61 Å². The minimum atomic E-state index is -0.685. The Morgan fingerprint density at radius 3 is 2.88 bits per heavy atom. The van der Waals surface area contributed by atoms with Crippen molar-refractivity contribution in [3.63, 3.8) is 0 Å². The number of methoxy groups -OCH3 is 2. The van der Waals surface area contributed by atoms with Crippen molar-refractivity contribution in [3.8, 4) is 5.75 Å². The number of carbonyl (C=O) groups excluding carboxylic acids is 1. The van der Waals surface area contributed by atoms with Gasteiger partial charge >= 0.3 is 0 Å². The third-order valence-corrected chi connectivity index (χ3v) is 6.65. The van der Waals surface area contributed by atoms with Gasteiger partial charge < -0.3 is 24.2 Å². The van der Waals surface area contributed by atoms with Crippen molar-refractivity contribution in [3.05, 3.63) is 52.0 Å². The van der Waals surface area contributed by atoms with Crippen molar-refractivity contribution < 1.29 is 28.5 Å². The van der Waals surface area contributed by atoms with E-state index >= 15 is 0 Å². The predicted molar refractivity (Wildman–Crippen MR) is 125 cm³/mol. The molecule has 2 atom stereocenters. The monoisotopic (exact) mass is 480 g/mol. The van der Waals surface area contributed by atoms with Crippen molar-refractivity contribution in [2.24, 2.45) is 0 Å². The van der Waals surface area contributed by atoms with Gasteiger partial charge in [-0.05, 0) is 42.0 Å². The number of nitrogens with zero attached hydrogens (tertiary/aromatic N) is 2. The first-order valence-corrected chi connectivity index (χ1v) is 12.0. The molecule has 0 bridgehead atoms. The Balaban J connectivity index is 1.71. The second-order valence-electron chi connectivity index (χ2n) is 8.08. The van der Waals surface area contributed by atoms with Gasteiger partial charge in [0.25, 0.3) is 0 Å². The van der Waals surface area contributed by atoms with Crippen molar-refractivity contribution in [2.75, 3.05) is 60.2 Å². The van der Waals surface area contributed by atoms with E-state index in [0.29, 0.717) is 26.2 Å². The van der Waals surface area contributed by atoms with Gasteiger partial charge in [0.05, 0.1) is 25.3 Å². The summed E-state index contributed by atoms with van der Waals surface area (Å²) < 4.78 is 30.1. The van der Waals surface area contributed by atoms with Crippen molar-refractivity contribution >= 4 is 17.2 Å². The van der Waals surface area contributed by atoms with Crippen molar-refractivity contribution in [1.29, 1.82) is 0 Å². The summed E-state index contributed by atoms with van der Waals surface area (Å²) in [6.07, 6.45) is 0.846. The number of hydrogen-bond donors (Lipinski definition) is 1. The van der Waals surface area contributed by atoms with Crippen LogP contribution in [0.25, 0.3) is 0 Å². The molecule has 0 radical (unpaired) electrons. The molecule has 3 rings (SSSR count). The molecule has 1 aromatic carbocycles. The summed E-state index contributed by atoms with van der Waals surface area (Å²) in [7, 11) is 3.18. The van der Waals surface area contributed by atoms with E-state index in [0.717, 1.165) is 18.4 Å². The fraction of sp³-hybridized carbons (Fsp3) is 0.542. The first-order chi connectivity index (χ1) is 16.0. The van der Waals surface area contributed by atoms with E-state index in [1.165, 1.54) is 18.1 Å². The molecule has 1 aliphatic rings. The maximum absolute atomic E-state index is 14.1. The zero-order valence-electron chi connectivity index (χ0n) is 19.2. The molecule has 7 nitrogen and oxygen atoms in total. The first-order valence-electron chi connectivity index (χ1n) is 11.1. The van der Waals surface area contributed by atoms with Crippen LogP contribution in [0.5, 0.6) is 5.75 Å². The highest BCUT2D eigenvalue weighted by Crippen LogP contribution is 2.34. The summed E-state index contributed by atoms with van der Waals surface area (Å²) in [5.41, 5.74) is 1.06. The molecule has 33 heavy (non-hydrogen) atoms. The van der Waals surface area contributed by atoms with Crippen molar-refractivity contribution in [1.82, 2.24) is 9.80 Å². The first kappa shape index (κ1) is 25.6. The lowest BCUT2D eigenvalue weighted by molar-refractivity contribution is -0.136. The fourth-order valence-electron chi connectivity index (χ4n) is 4.10. The van der Waals surface area contributed by atoms with Gasteiger partial charge in [-0.2, -0.15) is 0 Å². The van der Waals surface area contributed by atoms with Crippen LogP contribution in [-0.4, -0.2) is 87.1 Å². The predicted octanol–water partition coefficient (Wildman–Crippen LogP) is 2.74. The minimum absolute atomic E-state index is 0.0454. The highest BCUT2D eigenvalue weighted by molar-refractivity contribution is 7.10. The number of aliphatic hydroxyl groups excluding tert-OH is 1. The quantitative estimate of drug-likeness (QED) is 0.445. The van der Waals surface area contributed by atoms with Gasteiger partial charge in [-0.1, -0.05) is 12.1 Å². The van der Waals surface area contributed by atoms with E-state index in [1.807, 2.05) is 21.2 Å². The molecule has 0 aliphatic carbocycles.